The molecular weight excluding hydrogens is 194 g/mol. The van der Waals surface area contributed by atoms with Crippen LogP contribution in [0.3, 0.4) is 0 Å². The third-order valence-corrected chi connectivity index (χ3v) is 2.02. The normalized spacial score (nSPS) is 10.7. The second-order valence-corrected chi connectivity index (χ2v) is 3.12. The van der Waals surface area contributed by atoms with Crippen LogP contribution in [0.4, 0.5) is 5.69 Å². The van der Waals surface area contributed by atoms with Crippen LogP contribution < -0.4 is 5.48 Å². The number of ether oxygens (including phenoxy) is 1. The Labute approximate surface area is 87.3 Å². The fourth-order valence-electron chi connectivity index (χ4n) is 1.27. The van der Waals surface area contributed by atoms with Crippen LogP contribution in [0, 0.1) is 0 Å². The summed E-state index contributed by atoms with van der Waals surface area (Å²) in [6.45, 7) is 1.08. The van der Waals surface area contributed by atoms with Crippen molar-refractivity contribution in [2.75, 3.05) is 25.8 Å². The van der Waals surface area contributed by atoms with E-state index in [2.05, 4.69) is 15.7 Å². The maximum absolute atomic E-state index is 5.18. The minimum atomic E-state index is 0.514. The van der Waals surface area contributed by atoms with Gasteiger partial charge in [0.25, 0.3) is 0 Å². The van der Waals surface area contributed by atoms with E-state index in [1.165, 1.54) is 0 Å². The molecular formula is C10H13N3O2. The largest absolute Gasteiger partial charge is 0.382 e. The number of aromatic amines is 1. The number of hydrogen-bond acceptors (Lipinski definition) is 4. The number of hydrogen-bond donors (Lipinski definition) is 2. The van der Waals surface area contributed by atoms with Crippen LogP contribution >= 0.6 is 0 Å². The summed E-state index contributed by atoms with van der Waals surface area (Å²) in [5.74, 6) is 0. The number of H-pyrrole nitrogens is 1. The van der Waals surface area contributed by atoms with E-state index in [0.717, 1.165) is 16.6 Å². The molecule has 0 spiro atoms. The predicted molar refractivity (Wildman–Crippen MR) is 57.5 cm³/mol. The van der Waals surface area contributed by atoms with Crippen molar-refractivity contribution in [2.45, 2.75) is 0 Å². The number of rotatable bonds is 5. The molecule has 1 heterocycles. The molecule has 2 N–H and O–H groups in total. The SMILES string of the molecule is COCCONc1ccc2[nH]ncc2c1. The highest BCUT2D eigenvalue weighted by Gasteiger charge is 1.97. The molecule has 1 aromatic carbocycles. The van der Waals surface area contributed by atoms with E-state index in [4.69, 9.17) is 9.57 Å². The zero-order valence-electron chi connectivity index (χ0n) is 8.49. The molecule has 80 valence electrons. The van der Waals surface area contributed by atoms with E-state index < -0.39 is 0 Å². The lowest BCUT2D eigenvalue weighted by atomic mass is 10.2. The average molecular weight is 207 g/mol. The summed E-state index contributed by atoms with van der Waals surface area (Å²) in [6, 6.07) is 5.84. The Morgan fingerprint density at radius 3 is 3.20 bits per heavy atom. The first-order valence-electron chi connectivity index (χ1n) is 4.70. The van der Waals surface area contributed by atoms with Crippen LogP contribution in [0.1, 0.15) is 0 Å². The third kappa shape index (κ3) is 2.45. The summed E-state index contributed by atoms with van der Waals surface area (Å²) in [6.07, 6.45) is 1.77. The van der Waals surface area contributed by atoms with Crippen molar-refractivity contribution in [3.63, 3.8) is 0 Å². The number of methoxy groups -OCH3 is 1. The van der Waals surface area contributed by atoms with Crippen LogP contribution in [0.25, 0.3) is 10.9 Å². The predicted octanol–water partition coefficient (Wildman–Crippen LogP) is 1.55. The van der Waals surface area contributed by atoms with Gasteiger partial charge in [-0.2, -0.15) is 5.10 Å². The van der Waals surface area contributed by atoms with Crippen LogP contribution in [-0.4, -0.2) is 30.5 Å². The van der Waals surface area contributed by atoms with Gasteiger partial charge in [-0.15, -0.1) is 0 Å². The van der Waals surface area contributed by atoms with E-state index in [-0.39, 0.29) is 0 Å². The highest BCUT2D eigenvalue weighted by molar-refractivity contribution is 5.81. The number of aromatic nitrogens is 2. The van der Waals surface area contributed by atoms with Crippen molar-refractivity contribution >= 4 is 16.6 Å². The lowest BCUT2D eigenvalue weighted by molar-refractivity contribution is 0.101. The molecule has 0 aliphatic heterocycles. The quantitative estimate of drug-likeness (QED) is 0.577. The highest BCUT2D eigenvalue weighted by atomic mass is 16.7. The van der Waals surface area contributed by atoms with Crippen molar-refractivity contribution < 1.29 is 9.57 Å². The lowest BCUT2D eigenvalue weighted by Gasteiger charge is -2.06. The highest BCUT2D eigenvalue weighted by Crippen LogP contribution is 2.16. The second-order valence-electron chi connectivity index (χ2n) is 3.12. The molecule has 0 unspecified atom stereocenters. The third-order valence-electron chi connectivity index (χ3n) is 2.02. The summed E-state index contributed by atoms with van der Waals surface area (Å²) in [4.78, 5) is 5.18. The van der Waals surface area contributed by atoms with Crippen molar-refractivity contribution in [3.05, 3.63) is 24.4 Å². The van der Waals surface area contributed by atoms with Gasteiger partial charge >= 0.3 is 0 Å². The topological polar surface area (TPSA) is 59.2 Å². The molecule has 1 aromatic heterocycles. The van der Waals surface area contributed by atoms with Crippen molar-refractivity contribution in [2.24, 2.45) is 0 Å². The van der Waals surface area contributed by atoms with Crippen molar-refractivity contribution in [1.82, 2.24) is 10.2 Å². The zero-order valence-corrected chi connectivity index (χ0v) is 8.49. The monoisotopic (exact) mass is 207 g/mol. The summed E-state index contributed by atoms with van der Waals surface area (Å²) in [7, 11) is 1.64. The summed E-state index contributed by atoms with van der Waals surface area (Å²) >= 11 is 0. The first kappa shape index (κ1) is 9.95. The molecule has 0 saturated heterocycles. The van der Waals surface area contributed by atoms with E-state index >= 15 is 0 Å². The fourth-order valence-corrected chi connectivity index (χ4v) is 1.27. The average Bonchev–Trinajstić information content (AvgIpc) is 2.71. The molecule has 0 bridgehead atoms. The maximum atomic E-state index is 5.18. The van der Waals surface area contributed by atoms with Crippen molar-refractivity contribution in [1.29, 1.82) is 0 Å². The Hall–Kier alpha value is -1.59. The fraction of sp³-hybridized carbons (Fsp3) is 0.300. The van der Waals surface area contributed by atoms with E-state index in [1.54, 1.807) is 13.3 Å². The van der Waals surface area contributed by atoms with Crippen LogP contribution in [0.5, 0.6) is 0 Å². The number of benzene rings is 1. The number of nitrogens with one attached hydrogen (secondary N) is 2. The molecule has 5 nitrogen and oxygen atoms in total. The van der Waals surface area contributed by atoms with Gasteiger partial charge in [0.2, 0.25) is 0 Å². The van der Waals surface area contributed by atoms with Gasteiger partial charge in [-0.05, 0) is 18.2 Å². The Kier molecular flexibility index (Phi) is 3.16. The van der Waals surface area contributed by atoms with Gasteiger partial charge in [0.15, 0.2) is 0 Å². The second kappa shape index (κ2) is 4.77. The first-order chi connectivity index (χ1) is 7.40. The summed E-state index contributed by atoms with van der Waals surface area (Å²) in [5.41, 5.74) is 4.75. The summed E-state index contributed by atoms with van der Waals surface area (Å²) in [5, 5.41) is 7.87. The first-order valence-corrected chi connectivity index (χ1v) is 4.70. The summed E-state index contributed by atoms with van der Waals surface area (Å²) < 4.78 is 4.86. The molecule has 0 fully saturated rings. The minimum Gasteiger partial charge on any atom is -0.382 e. The Bertz CT molecular complexity index is 427. The number of nitrogens with zero attached hydrogens (tertiary/aromatic N) is 1. The standard InChI is InChI=1S/C10H13N3O2/c1-14-4-5-15-13-9-2-3-10-8(6-9)7-11-12-10/h2-3,6-7,13H,4-5H2,1H3,(H,11,12). The molecule has 0 radical (unpaired) electrons. The number of fused-ring (bicyclic) bond motifs is 1. The van der Waals surface area contributed by atoms with E-state index in [9.17, 15) is 0 Å². The van der Waals surface area contributed by atoms with Crippen LogP contribution in [-0.2, 0) is 9.57 Å². The Morgan fingerprint density at radius 1 is 1.40 bits per heavy atom. The van der Waals surface area contributed by atoms with E-state index in [0.29, 0.717) is 13.2 Å². The van der Waals surface area contributed by atoms with Crippen LogP contribution in [0.2, 0.25) is 0 Å². The molecule has 0 aliphatic carbocycles. The molecule has 0 amide bonds. The van der Waals surface area contributed by atoms with Crippen molar-refractivity contribution in [3.8, 4) is 0 Å². The number of anilines is 1. The van der Waals surface area contributed by atoms with Gasteiger partial charge in [0, 0.05) is 12.5 Å². The molecule has 2 aromatic rings. The molecule has 15 heavy (non-hydrogen) atoms. The van der Waals surface area contributed by atoms with Gasteiger partial charge < -0.3 is 4.74 Å². The van der Waals surface area contributed by atoms with Gasteiger partial charge in [0.05, 0.1) is 30.6 Å². The van der Waals surface area contributed by atoms with Gasteiger partial charge in [-0.1, -0.05) is 0 Å². The van der Waals surface area contributed by atoms with E-state index in [1.807, 2.05) is 18.2 Å². The molecule has 5 heteroatoms. The Morgan fingerprint density at radius 2 is 2.33 bits per heavy atom. The smallest absolute Gasteiger partial charge is 0.0979 e. The van der Waals surface area contributed by atoms with Gasteiger partial charge in [0.1, 0.15) is 0 Å². The molecule has 0 saturated carbocycles. The van der Waals surface area contributed by atoms with Gasteiger partial charge in [-0.3, -0.25) is 15.4 Å². The van der Waals surface area contributed by atoms with Gasteiger partial charge in [-0.25, -0.2) is 0 Å². The zero-order chi connectivity index (χ0) is 10.5. The lowest BCUT2D eigenvalue weighted by Crippen LogP contribution is -2.07. The Balaban J connectivity index is 1.96. The maximum Gasteiger partial charge on any atom is 0.0979 e. The van der Waals surface area contributed by atoms with Crippen LogP contribution in [0.15, 0.2) is 24.4 Å². The minimum absolute atomic E-state index is 0.514. The molecule has 0 aliphatic rings. The molecule has 0 atom stereocenters. The molecule has 2 rings (SSSR count).